The molecular formula is C9H13NOS. The molecule has 3 heteroatoms. The van der Waals surface area contributed by atoms with E-state index < -0.39 is 0 Å². The maximum Gasteiger partial charge on any atom is 0.234 e. The average Bonchev–Trinajstić information content (AvgIpc) is 2.62. The Morgan fingerprint density at radius 2 is 2.42 bits per heavy atom. The van der Waals surface area contributed by atoms with Crippen molar-refractivity contribution < 1.29 is 4.79 Å². The molecule has 3 atom stereocenters. The van der Waals surface area contributed by atoms with Gasteiger partial charge in [0.15, 0.2) is 0 Å². The Hall–Kier alpha value is -0.440. The van der Waals surface area contributed by atoms with Crippen molar-refractivity contribution in [2.75, 3.05) is 6.26 Å². The molecule has 0 aromatic heterocycles. The van der Waals surface area contributed by atoms with Crippen LogP contribution >= 0.6 is 11.8 Å². The number of primary amides is 1. The van der Waals surface area contributed by atoms with E-state index in [0.717, 1.165) is 12.8 Å². The third kappa shape index (κ3) is 0.859. The molecule has 2 rings (SSSR count). The van der Waals surface area contributed by atoms with E-state index in [1.807, 2.05) is 6.26 Å². The molecule has 1 fully saturated rings. The predicted octanol–water partition coefficient (Wildman–Crippen LogP) is 1.17. The molecule has 1 amide bonds. The second-order valence-electron chi connectivity index (χ2n) is 3.65. The van der Waals surface area contributed by atoms with Crippen molar-refractivity contribution in [1.29, 1.82) is 0 Å². The van der Waals surface area contributed by atoms with E-state index in [1.54, 1.807) is 11.8 Å². The number of thioether (sulfide) groups is 1. The number of hydrogen-bond acceptors (Lipinski definition) is 2. The predicted molar refractivity (Wildman–Crippen MR) is 50.8 cm³/mol. The van der Waals surface area contributed by atoms with Gasteiger partial charge in [-0.1, -0.05) is 12.2 Å². The van der Waals surface area contributed by atoms with Gasteiger partial charge in [0, 0.05) is 5.92 Å². The number of carbonyl (C=O) groups excluding carboxylic acids is 1. The minimum Gasteiger partial charge on any atom is -0.368 e. The molecule has 2 aliphatic rings. The van der Waals surface area contributed by atoms with E-state index in [-0.39, 0.29) is 10.7 Å². The molecule has 2 bridgehead atoms. The molecule has 12 heavy (non-hydrogen) atoms. The minimum absolute atomic E-state index is 0.133. The second-order valence-corrected chi connectivity index (χ2v) is 4.79. The van der Waals surface area contributed by atoms with Gasteiger partial charge in [0.1, 0.15) is 4.75 Å². The lowest BCUT2D eigenvalue weighted by atomic mass is 9.92. The van der Waals surface area contributed by atoms with Gasteiger partial charge in [-0.15, -0.1) is 11.8 Å². The van der Waals surface area contributed by atoms with Crippen LogP contribution in [0.1, 0.15) is 12.8 Å². The summed E-state index contributed by atoms with van der Waals surface area (Å²) in [6.45, 7) is 0. The van der Waals surface area contributed by atoms with Crippen molar-refractivity contribution in [2.24, 2.45) is 17.6 Å². The van der Waals surface area contributed by atoms with Crippen LogP contribution in [0.4, 0.5) is 0 Å². The Morgan fingerprint density at radius 3 is 2.67 bits per heavy atom. The molecule has 0 aromatic carbocycles. The third-order valence-electron chi connectivity index (χ3n) is 3.12. The number of amides is 1. The lowest BCUT2D eigenvalue weighted by Gasteiger charge is -2.29. The average molecular weight is 183 g/mol. The van der Waals surface area contributed by atoms with Gasteiger partial charge in [-0.05, 0) is 25.0 Å². The van der Waals surface area contributed by atoms with E-state index in [9.17, 15) is 4.79 Å². The Kier molecular flexibility index (Phi) is 1.72. The highest BCUT2D eigenvalue weighted by Gasteiger charge is 2.51. The first-order valence-corrected chi connectivity index (χ1v) is 5.45. The number of rotatable bonds is 2. The van der Waals surface area contributed by atoms with Crippen LogP contribution in [0.3, 0.4) is 0 Å². The van der Waals surface area contributed by atoms with Crippen LogP contribution in [0.25, 0.3) is 0 Å². The Morgan fingerprint density at radius 1 is 1.67 bits per heavy atom. The number of fused-ring (bicyclic) bond motifs is 2. The summed E-state index contributed by atoms with van der Waals surface area (Å²) in [5.74, 6) is 0.872. The van der Waals surface area contributed by atoms with Gasteiger partial charge in [-0.2, -0.15) is 0 Å². The first kappa shape index (κ1) is 8.17. The van der Waals surface area contributed by atoms with Gasteiger partial charge in [-0.25, -0.2) is 0 Å². The number of nitrogens with two attached hydrogens (primary N) is 1. The molecule has 0 radical (unpaired) electrons. The topological polar surface area (TPSA) is 43.1 Å². The fourth-order valence-electron chi connectivity index (χ4n) is 2.43. The van der Waals surface area contributed by atoms with E-state index in [1.165, 1.54) is 0 Å². The normalized spacial score (nSPS) is 43.8. The lowest BCUT2D eigenvalue weighted by Crippen LogP contribution is -2.43. The van der Waals surface area contributed by atoms with Crippen LogP contribution < -0.4 is 5.73 Å². The Bertz CT molecular complexity index is 251. The summed E-state index contributed by atoms with van der Waals surface area (Å²) in [6.07, 6.45) is 8.45. The molecule has 1 saturated carbocycles. The zero-order valence-electron chi connectivity index (χ0n) is 7.12. The smallest absolute Gasteiger partial charge is 0.234 e. The molecule has 2 aliphatic carbocycles. The molecule has 0 spiro atoms. The molecule has 0 aliphatic heterocycles. The van der Waals surface area contributed by atoms with E-state index in [2.05, 4.69) is 12.2 Å². The fourth-order valence-corrected chi connectivity index (χ4v) is 3.49. The summed E-state index contributed by atoms with van der Waals surface area (Å²) in [6, 6.07) is 0. The molecule has 2 nitrogen and oxygen atoms in total. The van der Waals surface area contributed by atoms with Gasteiger partial charge in [-0.3, -0.25) is 4.79 Å². The van der Waals surface area contributed by atoms with Gasteiger partial charge in [0.05, 0.1) is 0 Å². The second kappa shape index (κ2) is 2.52. The molecule has 3 unspecified atom stereocenters. The zero-order valence-corrected chi connectivity index (χ0v) is 7.93. The highest BCUT2D eigenvalue weighted by Crippen LogP contribution is 2.52. The summed E-state index contributed by atoms with van der Waals surface area (Å²) < 4.78 is -0.278. The first-order chi connectivity index (χ1) is 5.69. The Balaban J connectivity index is 2.31. The van der Waals surface area contributed by atoms with E-state index >= 15 is 0 Å². The van der Waals surface area contributed by atoms with Crippen molar-refractivity contribution in [1.82, 2.24) is 0 Å². The maximum absolute atomic E-state index is 11.3. The summed E-state index contributed by atoms with van der Waals surface area (Å²) in [5, 5.41) is 0. The zero-order chi connectivity index (χ0) is 8.77. The van der Waals surface area contributed by atoms with Crippen molar-refractivity contribution in [3.05, 3.63) is 12.2 Å². The third-order valence-corrected chi connectivity index (χ3v) is 4.52. The van der Waals surface area contributed by atoms with Crippen LogP contribution in [0.2, 0.25) is 0 Å². The highest BCUT2D eigenvalue weighted by atomic mass is 32.2. The number of hydrogen-bond donors (Lipinski definition) is 1. The lowest BCUT2D eigenvalue weighted by molar-refractivity contribution is -0.120. The van der Waals surface area contributed by atoms with Crippen molar-refractivity contribution >= 4 is 17.7 Å². The number of allylic oxidation sites excluding steroid dienone is 2. The molecule has 66 valence electrons. The molecule has 2 N–H and O–H groups in total. The fraction of sp³-hybridized carbons (Fsp3) is 0.667. The van der Waals surface area contributed by atoms with E-state index in [4.69, 9.17) is 5.73 Å². The summed E-state index contributed by atoms with van der Waals surface area (Å²) in [5.41, 5.74) is 5.44. The Labute approximate surface area is 76.6 Å². The SMILES string of the molecule is CSC1(C(N)=O)CC2C=CC1C2. The van der Waals surface area contributed by atoms with Gasteiger partial charge < -0.3 is 5.73 Å². The molecule has 0 heterocycles. The van der Waals surface area contributed by atoms with Crippen molar-refractivity contribution in [3.8, 4) is 0 Å². The van der Waals surface area contributed by atoms with Crippen molar-refractivity contribution in [2.45, 2.75) is 17.6 Å². The first-order valence-electron chi connectivity index (χ1n) is 4.22. The standard InChI is InChI=1S/C9H13NOS/c1-12-9(8(10)11)5-6-2-3-7(9)4-6/h2-3,6-7H,4-5H2,1H3,(H2,10,11). The van der Waals surface area contributed by atoms with Crippen LogP contribution in [-0.4, -0.2) is 16.9 Å². The maximum atomic E-state index is 11.3. The van der Waals surface area contributed by atoms with E-state index in [0.29, 0.717) is 11.8 Å². The van der Waals surface area contributed by atoms with Gasteiger partial charge >= 0.3 is 0 Å². The summed E-state index contributed by atoms with van der Waals surface area (Å²) >= 11 is 1.63. The monoisotopic (exact) mass is 183 g/mol. The summed E-state index contributed by atoms with van der Waals surface area (Å²) in [7, 11) is 0. The quantitative estimate of drug-likeness (QED) is 0.653. The van der Waals surface area contributed by atoms with Crippen LogP contribution in [-0.2, 0) is 4.79 Å². The van der Waals surface area contributed by atoms with Gasteiger partial charge in [0.25, 0.3) is 0 Å². The van der Waals surface area contributed by atoms with Gasteiger partial charge in [0.2, 0.25) is 5.91 Å². The van der Waals surface area contributed by atoms with Crippen LogP contribution in [0, 0.1) is 11.8 Å². The van der Waals surface area contributed by atoms with Crippen molar-refractivity contribution in [3.63, 3.8) is 0 Å². The molecule has 0 aromatic rings. The van der Waals surface area contributed by atoms with Crippen LogP contribution in [0.15, 0.2) is 12.2 Å². The summed E-state index contributed by atoms with van der Waals surface area (Å²) in [4.78, 5) is 11.3. The molecule has 0 saturated heterocycles. The largest absolute Gasteiger partial charge is 0.368 e. The number of carbonyl (C=O) groups is 1. The van der Waals surface area contributed by atoms with Crippen LogP contribution in [0.5, 0.6) is 0 Å². The molecular weight excluding hydrogens is 170 g/mol. The minimum atomic E-state index is -0.278. The highest BCUT2D eigenvalue weighted by molar-refractivity contribution is 8.00.